The summed E-state index contributed by atoms with van der Waals surface area (Å²) in [6.07, 6.45) is 0. The quantitative estimate of drug-likeness (QED) is 0.594. The van der Waals surface area contributed by atoms with E-state index in [1.165, 1.54) is 0 Å². The molecule has 0 radical (unpaired) electrons. The second-order valence-electron chi connectivity index (χ2n) is 1.43. The number of hydrogen-bond acceptors (Lipinski definition) is 2. The normalized spacial score (nSPS) is 7.22. The van der Waals surface area contributed by atoms with Crippen molar-refractivity contribution in [2.24, 2.45) is 0 Å². The van der Waals surface area contributed by atoms with E-state index in [1.807, 2.05) is 6.92 Å². The zero-order valence-corrected chi connectivity index (χ0v) is 8.56. The van der Waals surface area contributed by atoms with Gasteiger partial charge in [-0.15, -0.1) is 11.2 Å². The van der Waals surface area contributed by atoms with Gasteiger partial charge in [-0.3, -0.25) is 0 Å². The molecule has 2 nitrogen and oxygen atoms in total. The van der Waals surface area contributed by atoms with Crippen LogP contribution in [0.15, 0.2) is 10.6 Å². The van der Waals surface area contributed by atoms with Crippen LogP contribution >= 0.6 is 0 Å². The topological polar surface area (TPSA) is 26.0 Å². The second kappa shape index (κ2) is 5.01. The fourth-order valence-electron chi connectivity index (χ4n) is 0.418. The maximum atomic E-state index is 4.65. The molecule has 0 saturated carbocycles. The third-order valence-electron chi connectivity index (χ3n) is 0.677. The van der Waals surface area contributed by atoms with Crippen LogP contribution in [0.3, 0.4) is 0 Å². The molecule has 0 aliphatic carbocycles. The molecule has 46 valence electrons. The van der Waals surface area contributed by atoms with Crippen LogP contribution in [0, 0.1) is 21.3 Å². The summed E-state index contributed by atoms with van der Waals surface area (Å²) in [4.78, 5) is 0. The zero-order valence-electron chi connectivity index (χ0n) is 5.72. The number of hydrogen-bond donors (Lipinski definition) is 0. The van der Waals surface area contributed by atoms with Crippen molar-refractivity contribution >= 4 is 0 Å². The smallest absolute Gasteiger partial charge is 0.383 e. The molecule has 1 rings (SSSR count). The Kier molecular flexibility index (Phi) is 6.63. The largest absolute Gasteiger partial charge is 3.00 e. The van der Waals surface area contributed by atoms with E-state index in [1.54, 1.807) is 6.07 Å². The van der Waals surface area contributed by atoms with Gasteiger partial charge in [0.1, 0.15) is 0 Å². The maximum Gasteiger partial charge on any atom is 3.00 e. The summed E-state index contributed by atoms with van der Waals surface area (Å²) in [6.45, 7) is 5.37. The van der Waals surface area contributed by atoms with E-state index in [-0.39, 0.29) is 40.1 Å². The maximum absolute atomic E-state index is 4.65. The average molecular weight is 200 g/mol. The van der Waals surface area contributed by atoms with Crippen LogP contribution in [-0.4, -0.2) is 5.16 Å². The molecule has 0 spiro atoms. The third kappa shape index (κ3) is 3.71. The Bertz CT molecular complexity index is 145. The summed E-state index contributed by atoms with van der Waals surface area (Å²) < 4.78 is 4.65. The van der Waals surface area contributed by atoms with Crippen molar-refractivity contribution in [3.8, 4) is 0 Å². The Morgan fingerprint density at radius 3 is 2.33 bits per heavy atom. The number of nitrogens with zero attached hydrogens (tertiary/aromatic N) is 1. The molecule has 0 aromatic carbocycles. The van der Waals surface area contributed by atoms with E-state index in [9.17, 15) is 0 Å². The van der Waals surface area contributed by atoms with E-state index in [0.29, 0.717) is 5.69 Å². The molecule has 0 bridgehead atoms. The number of aromatic nitrogens is 1. The summed E-state index contributed by atoms with van der Waals surface area (Å²) in [5.41, 5.74) is 0.692. The summed E-state index contributed by atoms with van der Waals surface area (Å²) in [6, 6.07) is 1.78. The van der Waals surface area contributed by atoms with Crippen molar-refractivity contribution in [1.82, 2.24) is 5.16 Å². The van der Waals surface area contributed by atoms with Gasteiger partial charge in [0.2, 0.25) is 0 Å². The van der Waals surface area contributed by atoms with Gasteiger partial charge in [0, 0.05) is 0 Å². The van der Waals surface area contributed by atoms with Crippen molar-refractivity contribution in [3.05, 3.63) is 31.9 Å². The van der Waals surface area contributed by atoms with Crippen molar-refractivity contribution in [1.29, 1.82) is 0 Å². The van der Waals surface area contributed by atoms with Crippen LogP contribution in [0.4, 0.5) is 0 Å². The van der Waals surface area contributed by atoms with E-state index in [0.717, 1.165) is 5.76 Å². The summed E-state index contributed by atoms with van der Waals surface area (Å²) in [5, 5.41) is 3.53. The molecule has 0 aliphatic rings. The molecule has 0 N–H and O–H groups in total. The van der Waals surface area contributed by atoms with E-state index in [2.05, 4.69) is 16.6 Å². The first-order valence-corrected chi connectivity index (χ1v) is 2.04. The first kappa shape index (κ1) is 11.9. The Balaban J connectivity index is 0. The van der Waals surface area contributed by atoms with Crippen molar-refractivity contribution in [2.75, 3.05) is 0 Å². The van der Waals surface area contributed by atoms with Gasteiger partial charge in [-0.1, -0.05) is 5.69 Å². The average Bonchev–Trinajstić information content (AvgIpc) is 1.87. The van der Waals surface area contributed by atoms with Crippen LogP contribution < -0.4 is 0 Å². The predicted octanol–water partition coefficient (Wildman–Crippen LogP) is 1.61. The van der Waals surface area contributed by atoms with Crippen LogP contribution in [0.2, 0.25) is 0 Å². The minimum atomic E-state index is 0. The summed E-state index contributed by atoms with van der Waals surface area (Å²) >= 11 is 0. The van der Waals surface area contributed by atoms with Gasteiger partial charge in [0.25, 0.3) is 0 Å². The first-order valence-electron chi connectivity index (χ1n) is 2.04. The molecule has 0 unspecified atom stereocenters. The van der Waals surface area contributed by atoms with Gasteiger partial charge in [0.05, 0.1) is 5.76 Å². The van der Waals surface area contributed by atoms with Crippen molar-refractivity contribution < 1.29 is 37.2 Å². The second-order valence-corrected chi connectivity index (χ2v) is 1.43. The molecular formula is C6H9NOY+. The van der Waals surface area contributed by atoms with E-state index < -0.39 is 0 Å². The standard InChI is InChI=1S/C5H6NO.CH3.Y/c1-4-3-5(2)7-6-4;;/h3H,1H2,2H3;1H3;/q2*-1;+3. The van der Waals surface area contributed by atoms with Gasteiger partial charge in [-0.05, 0) is 6.92 Å². The molecule has 0 saturated heterocycles. The van der Waals surface area contributed by atoms with Gasteiger partial charge in [0.15, 0.2) is 0 Å². The molecule has 0 fully saturated rings. The van der Waals surface area contributed by atoms with Crippen molar-refractivity contribution in [3.63, 3.8) is 0 Å². The van der Waals surface area contributed by atoms with Crippen LogP contribution in [0.25, 0.3) is 0 Å². The van der Waals surface area contributed by atoms with E-state index in [4.69, 9.17) is 0 Å². The number of rotatable bonds is 0. The van der Waals surface area contributed by atoms with Gasteiger partial charge in [-0.25, -0.2) is 6.92 Å². The van der Waals surface area contributed by atoms with Crippen LogP contribution in [0.1, 0.15) is 11.5 Å². The van der Waals surface area contributed by atoms with Crippen LogP contribution in [0.5, 0.6) is 0 Å². The Morgan fingerprint density at radius 1 is 1.67 bits per heavy atom. The zero-order chi connectivity index (χ0) is 5.28. The molecule has 1 aromatic rings. The van der Waals surface area contributed by atoms with E-state index >= 15 is 0 Å². The van der Waals surface area contributed by atoms with Gasteiger partial charge >= 0.3 is 32.7 Å². The van der Waals surface area contributed by atoms with Crippen molar-refractivity contribution in [2.45, 2.75) is 6.92 Å². The Labute approximate surface area is 80.9 Å². The molecule has 1 heterocycles. The summed E-state index contributed by atoms with van der Waals surface area (Å²) in [7, 11) is 0. The molecule has 9 heavy (non-hydrogen) atoms. The molecule has 1 aromatic heterocycles. The fraction of sp³-hybridized carbons (Fsp3) is 0.167. The molecule has 0 aliphatic heterocycles. The Morgan fingerprint density at radius 2 is 2.22 bits per heavy atom. The molecule has 0 atom stereocenters. The third-order valence-corrected chi connectivity index (χ3v) is 0.677. The monoisotopic (exact) mass is 200 g/mol. The molecular weight excluding hydrogens is 191 g/mol. The fourth-order valence-corrected chi connectivity index (χ4v) is 0.418. The molecule has 0 amide bonds. The summed E-state index contributed by atoms with van der Waals surface area (Å²) in [5.74, 6) is 0.810. The van der Waals surface area contributed by atoms with Gasteiger partial charge in [-0.2, -0.15) is 0 Å². The SMILES string of the molecule is [CH2-]c1cc(C)on1.[CH3-].[Y+3]. The Hall–Kier alpha value is 0.184. The minimum absolute atomic E-state index is 0. The number of aryl methyl sites for hydroxylation is 1. The predicted molar refractivity (Wildman–Crippen MR) is 32.1 cm³/mol. The first-order chi connectivity index (χ1) is 3.29. The minimum Gasteiger partial charge on any atom is -0.383 e. The van der Waals surface area contributed by atoms with Crippen LogP contribution in [-0.2, 0) is 32.7 Å². The van der Waals surface area contributed by atoms with Gasteiger partial charge < -0.3 is 11.9 Å². The molecule has 3 heteroatoms.